The van der Waals surface area contributed by atoms with Crippen LogP contribution in [0.1, 0.15) is 33.3 Å². The van der Waals surface area contributed by atoms with Gasteiger partial charge in [0.1, 0.15) is 5.41 Å². The highest BCUT2D eigenvalue weighted by molar-refractivity contribution is 6.09. The van der Waals surface area contributed by atoms with Crippen molar-refractivity contribution in [3.63, 3.8) is 0 Å². The van der Waals surface area contributed by atoms with Crippen molar-refractivity contribution in [1.29, 1.82) is 0 Å². The van der Waals surface area contributed by atoms with Crippen molar-refractivity contribution in [2.24, 2.45) is 5.41 Å². The molecule has 0 spiro atoms. The predicted molar refractivity (Wildman–Crippen MR) is 108 cm³/mol. The van der Waals surface area contributed by atoms with Gasteiger partial charge in [-0.05, 0) is 63.6 Å². The third kappa shape index (κ3) is 5.29. The summed E-state index contributed by atoms with van der Waals surface area (Å²) < 4.78 is 0. The molecule has 27 heavy (non-hydrogen) atoms. The largest absolute Gasteiger partial charge is 0.372 e. The predicted octanol–water partition coefficient (Wildman–Crippen LogP) is 3.21. The molecule has 0 radical (unpaired) electrons. The number of benzene rings is 1. The van der Waals surface area contributed by atoms with Crippen molar-refractivity contribution in [2.75, 3.05) is 23.3 Å². The van der Waals surface area contributed by atoms with Crippen LogP contribution >= 0.6 is 0 Å². The third-order valence-electron chi connectivity index (χ3n) is 4.56. The van der Waals surface area contributed by atoms with E-state index in [0.717, 1.165) is 24.3 Å². The van der Waals surface area contributed by atoms with Crippen LogP contribution in [-0.2, 0) is 16.1 Å². The summed E-state index contributed by atoms with van der Waals surface area (Å²) in [6.45, 7) is 9.62. The molecule has 6 nitrogen and oxygen atoms in total. The van der Waals surface area contributed by atoms with Crippen LogP contribution in [0.3, 0.4) is 0 Å². The van der Waals surface area contributed by atoms with E-state index in [1.807, 2.05) is 30.3 Å². The first-order valence-electron chi connectivity index (χ1n) is 9.22. The summed E-state index contributed by atoms with van der Waals surface area (Å²) in [6, 6.07) is 11.3. The molecule has 1 heterocycles. The van der Waals surface area contributed by atoms with Crippen LogP contribution in [0.15, 0.2) is 48.8 Å². The molecule has 0 bridgehead atoms. The lowest BCUT2D eigenvalue weighted by Gasteiger charge is -2.24. The fraction of sp³-hybridized carbons (Fsp3) is 0.381. The summed E-state index contributed by atoms with van der Waals surface area (Å²) in [5, 5.41) is 5.63. The number of nitrogens with one attached hydrogen (secondary N) is 2. The van der Waals surface area contributed by atoms with Crippen molar-refractivity contribution in [1.82, 2.24) is 10.3 Å². The Morgan fingerprint density at radius 1 is 1.04 bits per heavy atom. The van der Waals surface area contributed by atoms with E-state index >= 15 is 0 Å². The first-order chi connectivity index (χ1) is 12.9. The standard InChI is InChI=1S/C21H28N4O2/c1-5-25(6-2)18-11-9-17(10-12-18)24-20(27)21(3,4)19(26)23-15-16-8-7-13-22-14-16/h7-14H,5-6,15H2,1-4H3,(H,23,26)(H,24,27). The van der Waals surface area contributed by atoms with Crippen molar-refractivity contribution < 1.29 is 9.59 Å². The van der Waals surface area contributed by atoms with Gasteiger partial charge in [-0.2, -0.15) is 0 Å². The summed E-state index contributed by atoms with van der Waals surface area (Å²) in [7, 11) is 0. The number of amides is 2. The van der Waals surface area contributed by atoms with Gasteiger partial charge in [-0.1, -0.05) is 6.07 Å². The molecular formula is C21H28N4O2. The van der Waals surface area contributed by atoms with Crippen molar-refractivity contribution in [2.45, 2.75) is 34.2 Å². The highest BCUT2D eigenvalue weighted by Gasteiger charge is 2.35. The topological polar surface area (TPSA) is 74.3 Å². The molecule has 6 heteroatoms. The van der Waals surface area contributed by atoms with Gasteiger partial charge in [-0.3, -0.25) is 14.6 Å². The van der Waals surface area contributed by atoms with E-state index in [-0.39, 0.29) is 11.8 Å². The fourth-order valence-corrected chi connectivity index (χ4v) is 2.64. The average Bonchev–Trinajstić information content (AvgIpc) is 2.69. The number of anilines is 2. The number of aromatic nitrogens is 1. The zero-order chi connectivity index (χ0) is 19.9. The van der Waals surface area contributed by atoms with Gasteiger partial charge in [0.05, 0.1) is 0 Å². The maximum Gasteiger partial charge on any atom is 0.239 e. The van der Waals surface area contributed by atoms with Gasteiger partial charge in [0.15, 0.2) is 0 Å². The quantitative estimate of drug-likeness (QED) is 0.702. The monoisotopic (exact) mass is 368 g/mol. The lowest BCUT2D eigenvalue weighted by molar-refractivity contribution is -0.138. The van der Waals surface area contributed by atoms with Crippen LogP contribution in [0.2, 0.25) is 0 Å². The SMILES string of the molecule is CCN(CC)c1ccc(NC(=O)C(C)(C)C(=O)NCc2cccnc2)cc1. The van der Waals surface area contributed by atoms with Crippen molar-refractivity contribution in [3.05, 3.63) is 54.4 Å². The molecule has 2 aromatic rings. The summed E-state index contributed by atoms with van der Waals surface area (Å²) in [5.74, 6) is -0.676. The molecule has 0 aliphatic carbocycles. The zero-order valence-electron chi connectivity index (χ0n) is 16.5. The second-order valence-corrected chi connectivity index (χ2v) is 6.84. The number of pyridine rings is 1. The van der Waals surface area contributed by atoms with Gasteiger partial charge in [0.25, 0.3) is 0 Å². The number of carbonyl (C=O) groups excluding carboxylic acids is 2. The normalized spacial score (nSPS) is 11.0. The number of carbonyl (C=O) groups is 2. The Morgan fingerprint density at radius 3 is 2.26 bits per heavy atom. The Labute approximate surface area is 161 Å². The number of hydrogen-bond donors (Lipinski definition) is 2. The molecule has 0 saturated heterocycles. The first kappa shape index (κ1) is 20.4. The summed E-state index contributed by atoms with van der Waals surface area (Å²) in [6.07, 6.45) is 3.36. The van der Waals surface area contributed by atoms with E-state index in [2.05, 4.69) is 34.4 Å². The molecule has 2 rings (SSSR count). The first-order valence-corrected chi connectivity index (χ1v) is 9.22. The highest BCUT2D eigenvalue weighted by atomic mass is 16.2. The van der Waals surface area contributed by atoms with Gasteiger partial charge >= 0.3 is 0 Å². The third-order valence-corrected chi connectivity index (χ3v) is 4.56. The van der Waals surface area contributed by atoms with Gasteiger partial charge in [0.2, 0.25) is 11.8 Å². The molecule has 1 aromatic carbocycles. The molecule has 144 valence electrons. The van der Waals surface area contributed by atoms with Crippen LogP contribution in [0.25, 0.3) is 0 Å². The maximum absolute atomic E-state index is 12.6. The second-order valence-electron chi connectivity index (χ2n) is 6.84. The second kappa shape index (κ2) is 9.16. The van der Waals surface area contributed by atoms with Crippen LogP contribution < -0.4 is 15.5 Å². The molecule has 0 fully saturated rings. The molecule has 0 aliphatic rings. The Morgan fingerprint density at radius 2 is 1.70 bits per heavy atom. The molecule has 0 aliphatic heterocycles. The summed E-state index contributed by atoms with van der Waals surface area (Å²) in [4.78, 5) is 31.4. The number of hydrogen-bond acceptors (Lipinski definition) is 4. The van der Waals surface area contributed by atoms with Gasteiger partial charge in [0, 0.05) is 43.4 Å². The maximum atomic E-state index is 12.6. The summed E-state index contributed by atoms with van der Waals surface area (Å²) >= 11 is 0. The molecular weight excluding hydrogens is 340 g/mol. The van der Waals surface area contributed by atoms with Crippen LogP contribution in [0, 0.1) is 5.41 Å². The van der Waals surface area contributed by atoms with E-state index in [1.165, 1.54) is 0 Å². The van der Waals surface area contributed by atoms with Crippen molar-refractivity contribution >= 4 is 23.2 Å². The minimum Gasteiger partial charge on any atom is -0.372 e. The van der Waals surface area contributed by atoms with E-state index < -0.39 is 5.41 Å². The van der Waals surface area contributed by atoms with Gasteiger partial charge < -0.3 is 15.5 Å². The van der Waals surface area contributed by atoms with E-state index in [0.29, 0.717) is 12.2 Å². The zero-order valence-corrected chi connectivity index (χ0v) is 16.5. The van der Waals surface area contributed by atoms with Crippen LogP contribution in [0.5, 0.6) is 0 Å². The Kier molecular flexibility index (Phi) is 6.93. The lowest BCUT2D eigenvalue weighted by atomic mass is 9.91. The molecule has 0 unspecified atom stereocenters. The minimum atomic E-state index is -1.19. The molecule has 0 atom stereocenters. The van der Waals surface area contributed by atoms with E-state index in [1.54, 1.807) is 32.3 Å². The smallest absolute Gasteiger partial charge is 0.239 e. The van der Waals surface area contributed by atoms with Gasteiger partial charge in [-0.25, -0.2) is 0 Å². The fourth-order valence-electron chi connectivity index (χ4n) is 2.64. The minimum absolute atomic E-state index is 0.330. The average molecular weight is 368 g/mol. The Bertz CT molecular complexity index is 754. The Hall–Kier alpha value is -2.89. The van der Waals surface area contributed by atoms with Gasteiger partial charge in [-0.15, -0.1) is 0 Å². The van der Waals surface area contributed by atoms with Crippen LogP contribution in [0.4, 0.5) is 11.4 Å². The van der Waals surface area contributed by atoms with Crippen molar-refractivity contribution in [3.8, 4) is 0 Å². The molecule has 0 saturated carbocycles. The Balaban J connectivity index is 1.97. The van der Waals surface area contributed by atoms with E-state index in [4.69, 9.17) is 0 Å². The number of nitrogens with zero attached hydrogens (tertiary/aromatic N) is 2. The number of rotatable bonds is 8. The lowest BCUT2D eigenvalue weighted by Crippen LogP contribution is -2.44. The molecule has 1 aromatic heterocycles. The van der Waals surface area contributed by atoms with E-state index in [9.17, 15) is 9.59 Å². The molecule has 2 amide bonds. The summed E-state index contributed by atoms with van der Waals surface area (Å²) in [5.41, 5.74) is 1.46. The molecule has 2 N–H and O–H groups in total. The highest BCUT2D eigenvalue weighted by Crippen LogP contribution is 2.22. The van der Waals surface area contributed by atoms with Crippen LogP contribution in [-0.4, -0.2) is 29.9 Å².